The van der Waals surface area contributed by atoms with Crippen LogP contribution in [0, 0.1) is 23.1 Å². The van der Waals surface area contributed by atoms with E-state index < -0.39 is 18.3 Å². The van der Waals surface area contributed by atoms with Gasteiger partial charge in [0.1, 0.15) is 11.9 Å². The Morgan fingerprint density at radius 2 is 1.73 bits per heavy atom. The van der Waals surface area contributed by atoms with Crippen molar-refractivity contribution in [2.45, 2.75) is 57.7 Å². The van der Waals surface area contributed by atoms with Crippen molar-refractivity contribution < 1.29 is 17.9 Å². The third-order valence-corrected chi connectivity index (χ3v) is 5.70. The average Bonchev–Trinajstić information content (AvgIpc) is 2.73. The Bertz CT molecular complexity index is 907. The predicted octanol–water partition coefficient (Wildman–Crippen LogP) is 6.90. The third-order valence-electron chi connectivity index (χ3n) is 5.70. The lowest BCUT2D eigenvalue weighted by Gasteiger charge is -2.27. The summed E-state index contributed by atoms with van der Waals surface area (Å²) in [4.78, 5) is 0. The predicted molar refractivity (Wildman–Crippen MR) is 111 cm³/mol. The molecule has 3 rings (SSSR count). The minimum Gasteiger partial charge on any atom is -0.315 e. The van der Waals surface area contributed by atoms with Crippen molar-refractivity contribution in [3.63, 3.8) is 0 Å². The Balaban J connectivity index is 1.53. The van der Waals surface area contributed by atoms with E-state index in [1.165, 1.54) is 30.5 Å². The number of hydrogen-bond acceptors (Lipinski definition) is 2. The van der Waals surface area contributed by atoms with E-state index in [2.05, 4.69) is 19.1 Å². The van der Waals surface area contributed by atoms with E-state index in [1.807, 2.05) is 24.3 Å². The fraction of sp³-hybridized carbons (Fsp3) is 0.400. The van der Waals surface area contributed by atoms with Crippen molar-refractivity contribution in [2.24, 2.45) is 5.92 Å². The van der Waals surface area contributed by atoms with Crippen molar-refractivity contribution in [3.05, 3.63) is 82.7 Å². The molecule has 158 valence electrons. The summed E-state index contributed by atoms with van der Waals surface area (Å²) in [7, 11) is 0. The second kappa shape index (κ2) is 9.95. The first kappa shape index (κ1) is 22.1. The second-order valence-corrected chi connectivity index (χ2v) is 7.91. The van der Waals surface area contributed by atoms with E-state index in [1.54, 1.807) is 6.07 Å². The van der Waals surface area contributed by atoms with E-state index in [0.29, 0.717) is 17.4 Å². The topological polar surface area (TPSA) is 33.0 Å². The smallest absolute Gasteiger partial charge is 0.315 e. The highest BCUT2D eigenvalue weighted by molar-refractivity contribution is 5.33. The maximum atomic E-state index is 14.2. The fourth-order valence-corrected chi connectivity index (χ4v) is 4.04. The van der Waals surface area contributed by atoms with Crippen molar-refractivity contribution in [1.29, 1.82) is 5.26 Å². The van der Waals surface area contributed by atoms with Gasteiger partial charge in [-0.15, -0.1) is 0 Å². The summed E-state index contributed by atoms with van der Waals surface area (Å²) >= 11 is 0. The zero-order valence-corrected chi connectivity index (χ0v) is 17.1. The average molecular weight is 413 g/mol. The minimum atomic E-state index is -3.43. The van der Waals surface area contributed by atoms with Gasteiger partial charge in [-0.05, 0) is 73.3 Å². The van der Waals surface area contributed by atoms with Crippen molar-refractivity contribution in [1.82, 2.24) is 0 Å². The van der Waals surface area contributed by atoms with Crippen molar-refractivity contribution in [3.8, 4) is 6.07 Å². The zero-order valence-electron chi connectivity index (χ0n) is 17.1. The SMILES string of the molecule is CC=CC1CCC(c2ccc(COC(F)(F)Cc3ccc(C#N)c(F)c3)cc2)CC1. The maximum absolute atomic E-state index is 14.2. The van der Waals surface area contributed by atoms with Crippen LogP contribution in [0.1, 0.15) is 60.8 Å². The van der Waals surface area contributed by atoms with Crippen LogP contribution in [-0.4, -0.2) is 6.11 Å². The number of allylic oxidation sites excluding steroid dienone is 2. The maximum Gasteiger partial charge on any atom is 0.360 e. The van der Waals surface area contributed by atoms with Crippen molar-refractivity contribution >= 4 is 0 Å². The summed E-state index contributed by atoms with van der Waals surface area (Å²) in [5.74, 6) is 0.390. The molecular formula is C25H26F3NO. The highest BCUT2D eigenvalue weighted by atomic mass is 19.3. The van der Waals surface area contributed by atoms with Gasteiger partial charge in [0.25, 0.3) is 0 Å². The summed E-state index contributed by atoms with van der Waals surface area (Å²) in [5.41, 5.74) is 1.84. The minimum absolute atomic E-state index is 0.0837. The number of rotatable bonds is 7. The zero-order chi connectivity index (χ0) is 21.6. The molecule has 2 aromatic rings. The fourth-order valence-electron chi connectivity index (χ4n) is 4.04. The van der Waals surface area contributed by atoms with Crippen LogP contribution in [0.2, 0.25) is 0 Å². The number of hydrogen-bond donors (Lipinski definition) is 0. The Morgan fingerprint density at radius 1 is 1.07 bits per heavy atom. The highest BCUT2D eigenvalue weighted by Gasteiger charge is 2.31. The summed E-state index contributed by atoms with van der Waals surface area (Å²) < 4.78 is 46.8. The van der Waals surface area contributed by atoms with Gasteiger partial charge in [-0.2, -0.15) is 14.0 Å². The molecule has 0 saturated heterocycles. The lowest BCUT2D eigenvalue weighted by atomic mass is 9.78. The third kappa shape index (κ3) is 5.96. The molecule has 1 aliphatic rings. The van der Waals surface area contributed by atoms with Crippen LogP contribution in [0.5, 0.6) is 0 Å². The van der Waals surface area contributed by atoms with Crippen LogP contribution in [0.15, 0.2) is 54.6 Å². The number of nitrogens with zero attached hydrogens (tertiary/aromatic N) is 1. The quantitative estimate of drug-likeness (QED) is 0.463. The number of nitriles is 1. The number of ether oxygens (including phenoxy) is 1. The number of benzene rings is 2. The van der Waals surface area contributed by atoms with Gasteiger partial charge in [0.15, 0.2) is 0 Å². The molecule has 0 aliphatic heterocycles. The van der Waals surface area contributed by atoms with Gasteiger partial charge in [0.2, 0.25) is 0 Å². The standard InChI is InChI=1S/C25H26F3NO/c1-2-3-18-4-9-21(10-5-18)22-11-6-19(7-12-22)17-30-25(27,28)15-20-8-13-23(16-29)24(26)14-20/h2-3,6-8,11-14,18,21H,4-5,9-10,15,17H2,1H3. The number of alkyl halides is 2. The normalized spacial score (nSPS) is 19.7. The van der Waals surface area contributed by atoms with Gasteiger partial charge in [-0.25, -0.2) is 4.39 Å². The molecule has 0 heterocycles. The van der Waals surface area contributed by atoms with E-state index >= 15 is 0 Å². The van der Waals surface area contributed by atoms with E-state index in [-0.39, 0.29) is 17.7 Å². The lowest BCUT2D eigenvalue weighted by molar-refractivity contribution is -0.244. The van der Waals surface area contributed by atoms with Crippen LogP contribution in [0.3, 0.4) is 0 Å². The first-order chi connectivity index (χ1) is 14.4. The van der Waals surface area contributed by atoms with E-state index in [0.717, 1.165) is 18.9 Å². The molecule has 0 spiro atoms. The molecule has 0 bridgehead atoms. The van der Waals surface area contributed by atoms with E-state index in [9.17, 15) is 13.2 Å². The molecule has 2 nitrogen and oxygen atoms in total. The molecule has 30 heavy (non-hydrogen) atoms. The Kier molecular flexibility index (Phi) is 7.33. The highest BCUT2D eigenvalue weighted by Crippen LogP contribution is 2.36. The van der Waals surface area contributed by atoms with Gasteiger partial charge >= 0.3 is 6.11 Å². The Morgan fingerprint density at radius 3 is 2.33 bits per heavy atom. The largest absolute Gasteiger partial charge is 0.360 e. The van der Waals surface area contributed by atoms with Gasteiger partial charge < -0.3 is 4.74 Å². The van der Waals surface area contributed by atoms with E-state index in [4.69, 9.17) is 10.00 Å². The first-order valence-corrected chi connectivity index (χ1v) is 10.3. The first-order valence-electron chi connectivity index (χ1n) is 10.3. The molecule has 0 N–H and O–H groups in total. The lowest BCUT2D eigenvalue weighted by Crippen LogP contribution is -2.24. The van der Waals surface area contributed by atoms with Gasteiger partial charge in [0.05, 0.1) is 18.6 Å². The van der Waals surface area contributed by atoms with Crippen LogP contribution in [0.25, 0.3) is 0 Å². The van der Waals surface area contributed by atoms with Gasteiger partial charge in [-0.1, -0.05) is 42.5 Å². The van der Waals surface area contributed by atoms with Crippen LogP contribution in [-0.2, 0) is 17.8 Å². The molecule has 0 aromatic heterocycles. The van der Waals surface area contributed by atoms with Crippen molar-refractivity contribution in [2.75, 3.05) is 0 Å². The van der Waals surface area contributed by atoms with Crippen LogP contribution in [0.4, 0.5) is 13.2 Å². The molecule has 0 radical (unpaired) electrons. The monoisotopic (exact) mass is 413 g/mol. The second-order valence-electron chi connectivity index (χ2n) is 7.91. The summed E-state index contributed by atoms with van der Waals surface area (Å²) in [6.07, 6.45) is 4.88. The molecule has 5 heteroatoms. The van der Waals surface area contributed by atoms with Crippen LogP contribution >= 0.6 is 0 Å². The Hall–Kier alpha value is -2.58. The summed E-state index contributed by atoms with van der Waals surface area (Å²) in [6.45, 7) is 1.83. The Labute approximate surface area is 176 Å². The molecule has 0 amide bonds. The van der Waals surface area contributed by atoms with Crippen LogP contribution < -0.4 is 0 Å². The molecular weight excluding hydrogens is 387 g/mol. The molecule has 2 aromatic carbocycles. The molecule has 0 atom stereocenters. The van der Waals surface area contributed by atoms with Gasteiger partial charge in [-0.3, -0.25) is 0 Å². The molecule has 0 unspecified atom stereocenters. The number of halogens is 3. The molecule has 1 fully saturated rings. The summed E-state index contributed by atoms with van der Waals surface area (Å²) in [5, 5.41) is 8.72. The molecule has 1 aliphatic carbocycles. The van der Waals surface area contributed by atoms with Gasteiger partial charge in [0, 0.05) is 0 Å². The summed E-state index contributed by atoms with van der Waals surface area (Å²) in [6, 6.07) is 12.8. The molecule has 1 saturated carbocycles.